The molecule has 0 N–H and O–H groups in total. The third-order valence-electron chi connectivity index (χ3n) is 5.47. The second-order valence-electron chi connectivity index (χ2n) is 7.84. The molecule has 0 saturated heterocycles. The van der Waals surface area contributed by atoms with Crippen LogP contribution in [0.3, 0.4) is 0 Å². The van der Waals surface area contributed by atoms with Crippen LogP contribution in [0.4, 0.5) is 4.39 Å². The van der Waals surface area contributed by atoms with Gasteiger partial charge in [0.05, 0.1) is 23.3 Å². The van der Waals surface area contributed by atoms with Crippen LogP contribution in [0.1, 0.15) is 5.69 Å². The van der Waals surface area contributed by atoms with Crippen LogP contribution < -0.4 is 10.3 Å². The maximum Gasteiger partial charge on any atom is 0.296 e. The molecule has 4 rings (SSSR count). The van der Waals surface area contributed by atoms with Crippen molar-refractivity contribution < 1.29 is 13.9 Å². The summed E-state index contributed by atoms with van der Waals surface area (Å²) in [6.07, 6.45) is 0.0277. The summed E-state index contributed by atoms with van der Waals surface area (Å²) in [7, 11) is 5.14. The Kier molecular flexibility index (Phi) is 6.57. The van der Waals surface area contributed by atoms with Crippen LogP contribution in [0.15, 0.2) is 47.3 Å². The zero-order valence-electron chi connectivity index (χ0n) is 18.9. The molecular weight excluding hydrogens is 459 g/mol. The fraction of sp³-hybridized carbons (Fsp3) is 0.240. The molecule has 0 aliphatic rings. The van der Waals surface area contributed by atoms with Crippen molar-refractivity contribution in [1.82, 2.24) is 19.2 Å². The third-order valence-corrected chi connectivity index (χ3v) is 5.70. The summed E-state index contributed by atoms with van der Waals surface area (Å²) in [6, 6.07) is 12.1. The molecule has 0 saturated carbocycles. The van der Waals surface area contributed by atoms with E-state index in [9.17, 15) is 14.0 Å². The largest absolute Gasteiger partial charge is 0.481 e. The van der Waals surface area contributed by atoms with Crippen molar-refractivity contribution in [2.45, 2.75) is 6.42 Å². The molecule has 2 aromatic heterocycles. The maximum absolute atomic E-state index is 13.6. The predicted molar refractivity (Wildman–Crippen MR) is 130 cm³/mol. The first-order valence-electron chi connectivity index (χ1n) is 10.5. The van der Waals surface area contributed by atoms with E-state index in [2.05, 4.69) is 16.9 Å². The van der Waals surface area contributed by atoms with E-state index in [0.29, 0.717) is 33.1 Å². The van der Waals surface area contributed by atoms with E-state index in [1.807, 2.05) is 6.07 Å². The van der Waals surface area contributed by atoms with Gasteiger partial charge in [-0.25, -0.2) is 4.39 Å². The van der Waals surface area contributed by atoms with Crippen LogP contribution in [0.2, 0.25) is 5.02 Å². The maximum atomic E-state index is 13.6. The zero-order valence-corrected chi connectivity index (χ0v) is 19.7. The number of aromatic nitrogens is 3. The Morgan fingerprint density at radius 3 is 2.59 bits per heavy atom. The van der Waals surface area contributed by atoms with Crippen LogP contribution >= 0.6 is 11.6 Å². The Morgan fingerprint density at radius 2 is 1.91 bits per heavy atom. The lowest BCUT2D eigenvalue weighted by molar-refractivity contribution is -0.128. The van der Waals surface area contributed by atoms with Gasteiger partial charge in [0.2, 0.25) is 5.91 Å². The van der Waals surface area contributed by atoms with E-state index < -0.39 is 6.67 Å². The number of amides is 1. The minimum absolute atomic E-state index is 0.0277. The number of carbonyl (C=O) groups is 1. The van der Waals surface area contributed by atoms with Crippen molar-refractivity contribution in [3.63, 3.8) is 0 Å². The van der Waals surface area contributed by atoms with E-state index >= 15 is 0 Å². The van der Waals surface area contributed by atoms with Gasteiger partial charge in [0.1, 0.15) is 24.5 Å². The molecule has 34 heavy (non-hydrogen) atoms. The first kappa shape index (κ1) is 23.3. The fourth-order valence-electron chi connectivity index (χ4n) is 3.77. The normalized spacial score (nSPS) is 10.9. The van der Waals surface area contributed by atoms with Crippen LogP contribution in [0, 0.1) is 11.8 Å². The van der Waals surface area contributed by atoms with Gasteiger partial charge in [0, 0.05) is 36.9 Å². The first-order chi connectivity index (χ1) is 16.3. The van der Waals surface area contributed by atoms with E-state index in [1.165, 1.54) is 9.58 Å². The minimum Gasteiger partial charge on any atom is -0.481 e. The Morgan fingerprint density at radius 1 is 1.18 bits per heavy atom. The first-order valence-corrected chi connectivity index (χ1v) is 10.8. The van der Waals surface area contributed by atoms with Crippen molar-refractivity contribution in [2.24, 2.45) is 7.05 Å². The van der Waals surface area contributed by atoms with Crippen LogP contribution in [-0.4, -0.2) is 52.5 Å². The van der Waals surface area contributed by atoms with Crippen molar-refractivity contribution in [3.8, 4) is 23.3 Å². The lowest BCUT2D eigenvalue weighted by Gasteiger charge is -2.13. The number of likely N-dealkylation sites (N-methyl/N-ethyl adjacent to an activating group) is 1. The number of benzene rings is 2. The number of hydrogen-bond acceptors (Lipinski definition) is 4. The summed E-state index contributed by atoms with van der Waals surface area (Å²) in [4.78, 5) is 27.7. The van der Waals surface area contributed by atoms with E-state index in [4.69, 9.17) is 16.3 Å². The number of hydrogen-bond donors (Lipinski definition) is 0. The van der Waals surface area contributed by atoms with Crippen molar-refractivity contribution in [1.29, 1.82) is 0 Å². The molecule has 4 aromatic rings. The van der Waals surface area contributed by atoms with Crippen molar-refractivity contribution >= 4 is 39.3 Å². The number of fused-ring (bicyclic) bond motifs is 3. The van der Waals surface area contributed by atoms with Gasteiger partial charge < -0.3 is 14.2 Å². The molecule has 0 aliphatic heterocycles. The summed E-state index contributed by atoms with van der Waals surface area (Å²) >= 11 is 6.21. The highest BCUT2D eigenvalue weighted by atomic mass is 35.5. The summed E-state index contributed by atoms with van der Waals surface area (Å²) < 4.78 is 20.6. The number of aryl methyl sites for hydroxylation is 1. The molecule has 0 radical (unpaired) electrons. The van der Waals surface area contributed by atoms with E-state index in [0.717, 1.165) is 10.9 Å². The second-order valence-corrected chi connectivity index (χ2v) is 8.28. The van der Waals surface area contributed by atoms with Gasteiger partial charge in [-0.05, 0) is 36.4 Å². The molecule has 9 heteroatoms. The number of nitrogens with zero attached hydrogens (tertiary/aromatic N) is 4. The van der Waals surface area contributed by atoms with Gasteiger partial charge in [-0.15, -0.1) is 0 Å². The Balaban J connectivity index is 1.88. The quantitative estimate of drug-likeness (QED) is 0.410. The standard InChI is InChI=1S/C25H22ClFN4O3/c1-29(2)22(32)15-20-23-19-11-6-16(26)14-21(19)30(3)24(23)25(33)31(28-20)17-7-9-18(10-8-17)34-13-5-4-12-27/h6-11,14H,12-13,15H2,1-3H3. The van der Waals surface area contributed by atoms with Gasteiger partial charge >= 0.3 is 0 Å². The van der Waals surface area contributed by atoms with Crippen LogP contribution in [0.5, 0.6) is 5.75 Å². The summed E-state index contributed by atoms with van der Waals surface area (Å²) in [5.41, 5.74) is 1.87. The van der Waals surface area contributed by atoms with E-state index in [-0.39, 0.29) is 24.5 Å². The highest BCUT2D eigenvalue weighted by Gasteiger charge is 2.21. The zero-order chi connectivity index (χ0) is 24.4. The molecular formula is C25H22ClFN4O3. The molecule has 174 valence electrons. The molecule has 0 bridgehead atoms. The van der Waals surface area contributed by atoms with Gasteiger partial charge in [-0.1, -0.05) is 29.5 Å². The Hall–Kier alpha value is -3.83. The Labute approximate surface area is 200 Å². The van der Waals surface area contributed by atoms with Crippen LogP contribution in [0.25, 0.3) is 27.5 Å². The fourth-order valence-corrected chi connectivity index (χ4v) is 3.94. The number of carbonyl (C=O) groups excluding carboxylic acids is 1. The molecule has 2 aromatic carbocycles. The summed E-state index contributed by atoms with van der Waals surface area (Å²) in [5, 5.41) is 6.59. The topological polar surface area (TPSA) is 69.4 Å². The van der Waals surface area contributed by atoms with Crippen LogP contribution in [-0.2, 0) is 18.3 Å². The summed E-state index contributed by atoms with van der Waals surface area (Å²) in [5.74, 6) is 5.23. The third kappa shape index (κ3) is 4.35. The molecule has 0 atom stereocenters. The molecule has 0 fully saturated rings. The van der Waals surface area contributed by atoms with Crippen molar-refractivity contribution in [3.05, 3.63) is 63.5 Å². The SMILES string of the molecule is CN(C)C(=O)Cc1nn(-c2ccc(OCC#CCF)cc2)c(=O)c2c1c1ccc(Cl)cc1n2C. The lowest BCUT2D eigenvalue weighted by Crippen LogP contribution is -2.28. The number of ether oxygens (including phenoxy) is 1. The minimum atomic E-state index is -0.724. The monoisotopic (exact) mass is 480 g/mol. The average molecular weight is 481 g/mol. The predicted octanol–water partition coefficient (Wildman–Crippen LogP) is 3.51. The number of alkyl halides is 1. The van der Waals surface area contributed by atoms with Gasteiger partial charge in [-0.2, -0.15) is 9.78 Å². The van der Waals surface area contributed by atoms with Crippen molar-refractivity contribution in [2.75, 3.05) is 27.4 Å². The summed E-state index contributed by atoms with van der Waals surface area (Å²) in [6.45, 7) is -0.666. The molecule has 1 amide bonds. The highest BCUT2D eigenvalue weighted by Crippen LogP contribution is 2.31. The van der Waals surface area contributed by atoms with E-state index in [1.54, 1.807) is 62.1 Å². The molecule has 0 spiro atoms. The highest BCUT2D eigenvalue weighted by molar-refractivity contribution is 6.31. The smallest absolute Gasteiger partial charge is 0.296 e. The molecule has 7 nitrogen and oxygen atoms in total. The average Bonchev–Trinajstić information content (AvgIpc) is 3.11. The number of halogens is 2. The Bertz CT molecular complexity index is 1510. The molecule has 0 aliphatic carbocycles. The molecule has 0 unspecified atom stereocenters. The second kappa shape index (κ2) is 9.57. The molecule has 2 heterocycles. The van der Waals surface area contributed by atoms with Gasteiger partial charge in [0.25, 0.3) is 5.56 Å². The van der Waals surface area contributed by atoms with Gasteiger partial charge in [-0.3, -0.25) is 9.59 Å². The van der Waals surface area contributed by atoms with Gasteiger partial charge in [0.15, 0.2) is 0 Å². The number of rotatable bonds is 5. The lowest BCUT2D eigenvalue weighted by atomic mass is 10.1.